The molecule has 0 spiro atoms. The number of fused-ring (bicyclic) bond motifs is 3. The van der Waals surface area contributed by atoms with E-state index >= 15 is 0 Å². The predicted molar refractivity (Wildman–Crippen MR) is 91.1 cm³/mol. The highest BCUT2D eigenvalue weighted by Gasteiger charge is 2.21. The van der Waals surface area contributed by atoms with Crippen LogP contribution in [0.5, 0.6) is 5.75 Å². The van der Waals surface area contributed by atoms with E-state index < -0.39 is 6.09 Å². The van der Waals surface area contributed by atoms with Crippen molar-refractivity contribution in [2.24, 2.45) is 0 Å². The molecule has 0 saturated heterocycles. The topological polar surface area (TPSA) is 90.8 Å². The molecule has 3 rings (SSSR count). The number of amides is 1. The van der Waals surface area contributed by atoms with E-state index in [1.165, 1.54) is 19.3 Å². The SMILES string of the molecule is CNC(=O)Oc1cc(Cl)c(C#N)c2c1[nH]c1ncc(Br)c(Cl)c12. The van der Waals surface area contributed by atoms with Gasteiger partial charge in [0.15, 0.2) is 5.75 Å². The number of nitrogens with one attached hydrogen (secondary N) is 2. The largest absolute Gasteiger partial charge is 0.412 e. The fourth-order valence-corrected chi connectivity index (χ4v) is 3.02. The molecule has 2 aromatic heterocycles. The Bertz CT molecular complexity index is 1010. The van der Waals surface area contributed by atoms with Gasteiger partial charge in [0.2, 0.25) is 0 Å². The van der Waals surface area contributed by atoms with Crippen molar-refractivity contribution in [2.75, 3.05) is 7.05 Å². The molecule has 0 radical (unpaired) electrons. The van der Waals surface area contributed by atoms with Crippen molar-refractivity contribution in [3.05, 3.63) is 32.3 Å². The van der Waals surface area contributed by atoms with Gasteiger partial charge in [0.05, 0.1) is 25.6 Å². The number of nitrogens with zero attached hydrogens (tertiary/aromatic N) is 2. The number of carbonyl (C=O) groups excluding carboxylic acids is 1. The molecule has 23 heavy (non-hydrogen) atoms. The maximum Gasteiger partial charge on any atom is 0.412 e. The van der Waals surface area contributed by atoms with Crippen LogP contribution >= 0.6 is 39.1 Å². The lowest BCUT2D eigenvalue weighted by molar-refractivity contribution is 0.203. The number of carbonyl (C=O) groups is 1. The zero-order valence-corrected chi connectivity index (χ0v) is 14.6. The summed E-state index contributed by atoms with van der Waals surface area (Å²) in [6.07, 6.45) is 0.874. The third-order valence-corrected chi connectivity index (χ3v) is 4.75. The third kappa shape index (κ3) is 2.49. The van der Waals surface area contributed by atoms with Crippen LogP contribution in [0.15, 0.2) is 16.7 Å². The number of benzene rings is 1. The number of hydrogen-bond acceptors (Lipinski definition) is 4. The van der Waals surface area contributed by atoms with Crippen LogP contribution in [-0.4, -0.2) is 23.1 Å². The van der Waals surface area contributed by atoms with Crippen molar-refractivity contribution >= 4 is 67.2 Å². The Morgan fingerprint density at radius 3 is 2.87 bits per heavy atom. The summed E-state index contributed by atoms with van der Waals surface area (Å²) < 4.78 is 5.77. The predicted octanol–water partition coefficient (Wildman–Crippen LogP) is 4.38. The summed E-state index contributed by atoms with van der Waals surface area (Å²) in [5.74, 6) is 0.175. The molecule has 116 valence electrons. The lowest BCUT2D eigenvalue weighted by atomic mass is 10.1. The van der Waals surface area contributed by atoms with Crippen LogP contribution < -0.4 is 10.1 Å². The minimum absolute atomic E-state index is 0.149. The van der Waals surface area contributed by atoms with Crippen LogP contribution in [0.4, 0.5) is 4.79 Å². The quantitative estimate of drug-likeness (QED) is 0.619. The molecule has 0 aliphatic rings. The molecule has 3 aromatic rings. The first-order valence-electron chi connectivity index (χ1n) is 6.25. The van der Waals surface area contributed by atoms with E-state index in [0.717, 1.165) is 0 Å². The molecule has 9 heteroatoms. The molecular weight excluding hydrogens is 407 g/mol. The minimum Gasteiger partial charge on any atom is -0.408 e. The molecule has 0 saturated carbocycles. The summed E-state index contributed by atoms with van der Waals surface area (Å²) >= 11 is 15.8. The molecule has 0 fully saturated rings. The number of aromatic nitrogens is 2. The van der Waals surface area contributed by atoms with Crippen LogP contribution in [0.2, 0.25) is 10.0 Å². The molecule has 0 aliphatic heterocycles. The minimum atomic E-state index is -0.661. The Kier molecular flexibility index (Phi) is 4.06. The van der Waals surface area contributed by atoms with Crippen LogP contribution in [0.3, 0.4) is 0 Å². The van der Waals surface area contributed by atoms with E-state index in [-0.39, 0.29) is 16.3 Å². The van der Waals surface area contributed by atoms with Gasteiger partial charge in [0, 0.05) is 30.1 Å². The number of H-pyrrole nitrogens is 1. The number of aromatic amines is 1. The zero-order valence-electron chi connectivity index (χ0n) is 11.5. The number of pyridine rings is 1. The number of ether oxygens (including phenoxy) is 1. The van der Waals surface area contributed by atoms with Gasteiger partial charge in [0.25, 0.3) is 0 Å². The van der Waals surface area contributed by atoms with Crippen molar-refractivity contribution in [1.82, 2.24) is 15.3 Å². The monoisotopic (exact) mass is 412 g/mol. The maximum absolute atomic E-state index is 11.5. The molecule has 0 unspecified atom stereocenters. The number of hydrogen-bond donors (Lipinski definition) is 2. The first-order valence-corrected chi connectivity index (χ1v) is 7.80. The van der Waals surface area contributed by atoms with Crippen LogP contribution in [0.25, 0.3) is 21.9 Å². The van der Waals surface area contributed by atoms with E-state index in [2.05, 4.69) is 31.2 Å². The lowest BCUT2D eigenvalue weighted by Crippen LogP contribution is -2.22. The summed E-state index contributed by atoms with van der Waals surface area (Å²) in [7, 11) is 1.44. The van der Waals surface area contributed by atoms with Gasteiger partial charge in [-0.3, -0.25) is 0 Å². The second-order valence-corrected chi connectivity index (χ2v) is 6.14. The summed E-state index contributed by atoms with van der Waals surface area (Å²) in [6, 6.07) is 3.45. The molecule has 0 aliphatic carbocycles. The van der Waals surface area contributed by atoms with E-state index in [0.29, 0.717) is 31.4 Å². The van der Waals surface area contributed by atoms with Crippen molar-refractivity contribution in [2.45, 2.75) is 0 Å². The fraction of sp³-hybridized carbons (Fsp3) is 0.0714. The molecular formula is C14H7BrCl2N4O2. The Balaban J connectivity index is 2.49. The third-order valence-electron chi connectivity index (χ3n) is 3.23. The van der Waals surface area contributed by atoms with Crippen molar-refractivity contribution < 1.29 is 9.53 Å². The summed E-state index contributed by atoms with van der Waals surface area (Å²) in [6.45, 7) is 0. The molecule has 6 nitrogen and oxygen atoms in total. The van der Waals surface area contributed by atoms with Gasteiger partial charge in [-0.1, -0.05) is 23.2 Å². The molecule has 2 N–H and O–H groups in total. The second kappa shape index (κ2) is 5.89. The van der Waals surface area contributed by atoms with Crippen LogP contribution in [0.1, 0.15) is 5.56 Å². The zero-order chi connectivity index (χ0) is 16.7. The standard InChI is InChI=1S/C14H7BrCl2N4O2/c1-19-14(22)23-8-2-7(16)5(3-18)9-10-11(17)6(15)4-20-13(10)21-12(8)9/h2,4H,1H3,(H,19,22)(H,20,21). The first-order chi connectivity index (χ1) is 11.0. The average Bonchev–Trinajstić information content (AvgIpc) is 2.91. The van der Waals surface area contributed by atoms with Gasteiger partial charge in [-0.2, -0.15) is 5.26 Å². The molecule has 1 amide bonds. The molecule has 0 bridgehead atoms. The van der Waals surface area contributed by atoms with Crippen molar-refractivity contribution in [3.63, 3.8) is 0 Å². The summed E-state index contributed by atoms with van der Waals surface area (Å²) in [5.41, 5.74) is 1.09. The average molecular weight is 414 g/mol. The highest BCUT2D eigenvalue weighted by atomic mass is 79.9. The highest BCUT2D eigenvalue weighted by molar-refractivity contribution is 9.10. The number of rotatable bonds is 1. The van der Waals surface area contributed by atoms with Gasteiger partial charge in [-0.25, -0.2) is 9.78 Å². The summed E-state index contributed by atoms with van der Waals surface area (Å²) in [4.78, 5) is 18.8. The van der Waals surface area contributed by atoms with Gasteiger partial charge in [-0.05, 0) is 15.9 Å². The molecule has 2 heterocycles. The Labute approximate surface area is 148 Å². The van der Waals surface area contributed by atoms with E-state index in [1.807, 2.05) is 6.07 Å². The molecule has 1 aromatic carbocycles. The first kappa shape index (κ1) is 15.9. The van der Waals surface area contributed by atoms with Crippen molar-refractivity contribution in [1.29, 1.82) is 5.26 Å². The number of halogens is 3. The van der Waals surface area contributed by atoms with Crippen molar-refractivity contribution in [3.8, 4) is 11.8 Å². The fourth-order valence-electron chi connectivity index (χ4n) is 2.25. The Morgan fingerprint density at radius 2 is 2.22 bits per heavy atom. The smallest absolute Gasteiger partial charge is 0.408 e. The number of nitriles is 1. The van der Waals surface area contributed by atoms with Crippen LogP contribution in [-0.2, 0) is 0 Å². The van der Waals surface area contributed by atoms with E-state index in [9.17, 15) is 10.1 Å². The Hall–Kier alpha value is -2.01. The maximum atomic E-state index is 11.5. The van der Waals surface area contributed by atoms with Gasteiger partial charge < -0.3 is 15.0 Å². The second-order valence-electron chi connectivity index (χ2n) is 4.50. The van der Waals surface area contributed by atoms with Gasteiger partial charge in [0.1, 0.15) is 11.7 Å². The highest BCUT2D eigenvalue weighted by Crippen LogP contribution is 2.42. The lowest BCUT2D eigenvalue weighted by Gasteiger charge is -2.07. The van der Waals surface area contributed by atoms with E-state index in [1.54, 1.807) is 0 Å². The normalized spacial score (nSPS) is 10.7. The van der Waals surface area contributed by atoms with Crippen LogP contribution in [0, 0.1) is 11.3 Å². The van der Waals surface area contributed by atoms with E-state index in [4.69, 9.17) is 27.9 Å². The van der Waals surface area contributed by atoms with Gasteiger partial charge in [-0.15, -0.1) is 0 Å². The summed E-state index contributed by atoms with van der Waals surface area (Å²) in [5, 5.41) is 13.3. The molecule has 0 atom stereocenters. The Morgan fingerprint density at radius 1 is 1.48 bits per heavy atom. The van der Waals surface area contributed by atoms with Gasteiger partial charge >= 0.3 is 6.09 Å².